The minimum Gasteiger partial charge on any atom is -0.481 e. The number of hydrogen-bond donors (Lipinski definition) is 3. The zero-order chi connectivity index (χ0) is 18.2. The summed E-state index contributed by atoms with van der Waals surface area (Å²) in [4.78, 5) is 35.9. The zero-order valence-electron chi connectivity index (χ0n) is 14.3. The van der Waals surface area contributed by atoms with E-state index in [1.165, 1.54) is 0 Å². The highest BCUT2D eigenvalue weighted by Gasteiger charge is 2.37. The van der Waals surface area contributed by atoms with E-state index in [-0.39, 0.29) is 11.8 Å². The van der Waals surface area contributed by atoms with Crippen molar-refractivity contribution in [3.05, 3.63) is 18.2 Å². The van der Waals surface area contributed by atoms with Gasteiger partial charge in [-0.25, -0.2) is 0 Å². The first kappa shape index (κ1) is 17.3. The molecule has 1 aromatic carbocycles. The molecule has 1 fully saturated rings. The van der Waals surface area contributed by atoms with Crippen molar-refractivity contribution in [3.8, 4) is 5.75 Å². The van der Waals surface area contributed by atoms with Gasteiger partial charge >= 0.3 is 5.97 Å². The van der Waals surface area contributed by atoms with Crippen LogP contribution in [0, 0.1) is 11.8 Å². The summed E-state index contributed by atoms with van der Waals surface area (Å²) in [5.74, 6) is -2.13. The van der Waals surface area contributed by atoms with E-state index >= 15 is 0 Å². The molecule has 0 bridgehead atoms. The number of carbonyl (C=O) groups is 3. The monoisotopic (exact) mass is 346 g/mol. The van der Waals surface area contributed by atoms with Gasteiger partial charge in [0.2, 0.25) is 5.91 Å². The van der Waals surface area contributed by atoms with Crippen molar-refractivity contribution in [1.82, 2.24) is 0 Å². The molecule has 1 aliphatic carbocycles. The van der Waals surface area contributed by atoms with Crippen molar-refractivity contribution in [2.45, 2.75) is 45.1 Å². The molecule has 7 nitrogen and oxygen atoms in total. The number of carboxylic acids is 1. The Hall–Kier alpha value is -2.57. The van der Waals surface area contributed by atoms with Crippen molar-refractivity contribution < 1.29 is 24.2 Å². The van der Waals surface area contributed by atoms with E-state index < -0.39 is 23.4 Å². The summed E-state index contributed by atoms with van der Waals surface area (Å²) in [7, 11) is 0. The van der Waals surface area contributed by atoms with E-state index in [1.807, 2.05) is 0 Å². The van der Waals surface area contributed by atoms with Gasteiger partial charge in [0.05, 0.1) is 17.5 Å². The van der Waals surface area contributed by atoms with Crippen LogP contribution in [0.5, 0.6) is 5.75 Å². The topological polar surface area (TPSA) is 105 Å². The van der Waals surface area contributed by atoms with Crippen LogP contribution in [0.2, 0.25) is 0 Å². The summed E-state index contributed by atoms with van der Waals surface area (Å²) in [5.41, 5.74) is 0.0387. The number of amides is 2. The number of anilines is 2. The molecular weight excluding hydrogens is 324 g/mol. The second-order valence-electron chi connectivity index (χ2n) is 7.10. The minimum absolute atomic E-state index is 0.262. The Labute approximate surface area is 145 Å². The number of benzene rings is 1. The summed E-state index contributed by atoms with van der Waals surface area (Å²) < 4.78 is 5.65. The average molecular weight is 346 g/mol. The third-order valence-electron chi connectivity index (χ3n) is 4.83. The van der Waals surface area contributed by atoms with Gasteiger partial charge in [-0.15, -0.1) is 0 Å². The molecule has 25 heavy (non-hydrogen) atoms. The van der Waals surface area contributed by atoms with Gasteiger partial charge in [-0.2, -0.15) is 0 Å². The molecular formula is C18H22N2O5. The standard InChI is InChI=1S/C18H22N2O5/c1-18(2)17(24)20-13-9-10(7-8-14(13)25-18)19-15(21)11-5-3-4-6-12(11)16(22)23/h7-9,11-12H,3-6H2,1-2H3,(H,19,21)(H,20,24)(H,22,23)/t11-,12+/m1/s1. The maximum absolute atomic E-state index is 12.5. The van der Waals surface area contributed by atoms with E-state index in [0.717, 1.165) is 12.8 Å². The number of rotatable bonds is 3. The lowest BCUT2D eigenvalue weighted by atomic mass is 9.78. The van der Waals surface area contributed by atoms with E-state index in [4.69, 9.17) is 4.74 Å². The molecule has 0 unspecified atom stereocenters. The van der Waals surface area contributed by atoms with Gasteiger partial charge in [-0.3, -0.25) is 14.4 Å². The molecule has 134 valence electrons. The molecule has 3 rings (SSSR count). The van der Waals surface area contributed by atoms with Gasteiger partial charge in [0, 0.05) is 5.69 Å². The minimum atomic E-state index is -0.950. The number of carboxylic acid groups (broad SMARTS) is 1. The Morgan fingerprint density at radius 3 is 2.60 bits per heavy atom. The molecule has 2 aliphatic rings. The number of aliphatic carboxylic acids is 1. The van der Waals surface area contributed by atoms with Crippen LogP contribution in [0.4, 0.5) is 11.4 Å². The van der Waals surface area contributed by atoms with Crippen LogP contribution in [-0.4, -0.2) is 28.5 Å². The van der Waals surface area contributed by atoms with E-state index in [0.29, 0.717) is 30.0 Å². The number of ether oxygens (including phenoxy) is 1. The van der Waals surface area contributed by atoms with E-state index in [9.17, 15) is 19.5 Å². The van der Waals surface area contributed by atoms with Gasteiger partial charge in [-0.1, -0.05) is 12.8 Å². The quantitative estimate of drug-likeness (QED) is 0.780. The van der Waals surface area contributed by atoms with E-state index in [1.54, 1.807) is 32.0 Å². The maximum Gasteiger partial charge on any atom is 0.307 e. The summed E-state index contributed by atoms with van der Waals surface area (Å²) in [6.45, 7) is 3.35. The van der Waals surface area contributed by atoms with Gasteiger partial charge in [0.15, 0.2) is 5.60 Å². The molecule has 1 saturated carbocycles. The van der Waals surface area contributed by atoms with Crippen LogP contribution in [0.15, 0.2) is 18.2 Å². The van der Waals surface area contributed by atoms with Crippen molar-refractivity contribution in [2.75, 3.05) is 10.6 Å². The fourth-order valence-electron chi connectivity index (χ4n) is 3.36. The highest BCUT2D eigenvalue weighted by atomic mass is 16.5. The molecule has 1 aliphatic heterocycles. The summed E-state index contributed by atoms with van der Waals surface area (Å²) in [6, 6.07) is 4.99. The third-order valence-corrected chi connectivity index (χ3v) is 4.83. The van der Waals surface area contributed by atoms with Gasteiger partial charge in [0.25, 0.3) is 5.91 Å². The first-order valence-corrected chi connectivity index (χ1v) is 8.46. The molecule has 0 spiro atoms. The normalized spacial score (nSPS) is 24.5. The number of hydrogen-bond acceptors (Lipinski definition) is 4. The lowest BCUT2D eigenvalue weighted by Crippen LogP contribution is -2.45. The van der Waals surface area contributed by atoms with Crippen LogP contribution in [-0.2, 0) is 14.4 Å². The molecule has 7 heteroatoms. The molecule has 2 amide bonds. The van der Waals surface area contributed by atoms with Gasteiger partial charge in [0.1, 0.15) is 5.75 Å². The lowest BCUT2D eigenvalue weighted by Gasteiger charge is -2.32. The Morgan fingerprint density at radius 2 is 1.92 bits per heavy atom. The second-order valence-corrected chi connectivity index (χ2v) is 7.10. The number of fused-ring (bicyclic) bond motifs is 1. The molecule has 1 aromatic rings. The maximum atomic E-state index is 12.5. The van der Waals surface area contributed by atoms with Crippen LogP contribution in [0.1, 0.15) is 39.5 Å². The van der Waals surface area contributed by atoms with Crippen molar-refractivity contribution in [3.63, 3.8) is 0 Å². The molecule has 0 aromatic heterocycles. The SMILES string of the molecule is CC1(C)Oc2ccc(NC(=O)[C@@H]3CCCC[C@@H]3C(=O)O)cc2NC1=O. The highest BCUT2D eigenvalue weighted by molar-refractivity contribution is 6.01. The van der Waals surface area contributed by atoms with Crippen LogP contribution >= 0.6 is 0 Å². The van der Waals surface area contributed by atoms with Crippen LogP contribution in [0.3, 0.4) is 0 Å². The molecule has 1 heterocycles. The second kappa shape index (κ2) is 6.38. The number of carbonyl (C=O) groups excluding carboxylic acids is 2. The predicted octanol–water partition coefficient (Wildman–Crippen LogP) is 2.63. The summed E-state index contributed by atoms with van der Waals surface area (Å²) in [6.07, 6.45) is 2.78. The molecule has 2 atom stereocenters. The van der Waals surface area contributed by atoms with Gasteiger partial charge < -0.3 is 20.5 Å². The Kier molecular flexibility index (Phi) is 4.41. The smallest absolute Gasteiger partial charge is 0.307 e. The Bertz CT molecular complexity index is 728. The molecule has 3 N–H and O–H groups in total. The van der Waals surface area contributed by atoms with Crippen molar-refractivity contribution in [2.24, 2.45) is 11.8 Å². The largest absolute Gasteiger partial charge is 0.481 e. The third kappa shape index (κ3) is 3.45. The fourth-order valence-corrected chi connectivity index (χ4v) is 3.36. The first-order chi connectivity index (χ1) is 11.8. The lowest BCUT2D eigenvalue weighted by molar-refractivity contribution is -0.147. The van der Waals surface area contributed by atoms with Gasteiger partial charge in [-0.05, 0) is 44.9 Å². The van der Waals surface area contributed by atoms with Crippen LogP contribution in [0.25, 0.3) is 0 Å². The Morgan fingerprint density at radius 1 is 1.24 bits per heavy atom. The molecule has 0 saturated heterocycles. The number of nitrogens with one attached hydrogen (secondary N) is 2. The van der Waals surface area contributed by atoms with Crippen molar-refractivity contribution in [1.29, 1.82) is 0 Å². The fraction of sp³-hybridized carbons (Fsp3) is 0.500. The summed E-state index contributed by atoms with van der Waals surface area (Å²) in [5, 5.41) is 14.8. The Balaban J connectivity index is 1.75. The zero-order valence-corrected chi connectivity index (χ0v) is 14.3. The van der Waals surface area contributed by atoms with E-state index in [2.05, 4.69) is 10.6 Å². The van der Waals surface area contributed by atoms with Crippen LogP contribution < -0.4 is 15.4 Å². The van der Waals surface area contributed by atoms with Crippen molar-refractivity contribution >= 4 is 29.2 Å². The molecule has 0 radical (unpaired) electrons. The first-order valence-electron chi connectivity index (χ1n) is 8.46. The highest BCUT2D eigenvalue weighted by Crippen LogP contribution is 2.36. The predicted molar refractivity (Wildman–Crippen MR) is 91.5 cm³/mol. The summed E-state index contributed by atoms with van der Waals surface area (Å²) >= 11 is 0. The average Bonchev–Trinajstić information content (AvgIpc) is 2.56.